The molecule has 3 aromatic rings. The lowest BCUT2D eigenvalue weighted by Crippen LogP contribution is -2.33. The summed E-state index contributed by atoms with van der Waals surface area (Å²) in [5.41, 5.74) is 6.08. The smallest absolute Gasteiger partial charge is 0.199 e. The van der Waals surface area contributed by atoms with Gasteiger partial charge in [0.05, 0.1) is 5.39 Å². The molecule has 4 heterocycles. The first-order valence-electron chi connectivity index (χ1n) is 8.76. The Morgan fingerprint density at radius 2 is 2.04 bits per heavy atom. The molecule has 0 atom stereocenters. The summed E-state index contributed by atoms with van der Waals surface area (Å²) in [5.74, 6) is 1.35. The van der Waals surface area contributed by atoms with Gasteiger partial charge in [-0.25, -0.2) is 14.4 Å². The third kappa shape index (κ3) is 4.16. The summed E-state index contributed by atoms with van der Waals surface area (Å²) in [6, 6.07) is 5.39. The Bertz CT molecular complexity index is 873. The summed E-state index contributed by atoms with van der Waals surface area (Å²) in [6.45, 7) is 6.36. The summed E-state index contributed by atoms with van der Waals surface area (Å²) in [4.78, 5) is 13.1. The predicted molar refractivity (Wildman–Crippen MR) is 105 cm³/mol. The van der Waals surface area contributed by atoms with Crippen LogP contribution in [0.5, 0.6) is 0 Å². The number of hydrogen-bond acceptors (Lipinski definition) is 6. The van der Waals surface area contributed by atoms with Crippen LogP contribution in [-0.2, 0) is 6.54 Å². The first-order valence-corrected chi connectivity index (χ1v) is 9.96. The fourth-order valence-corrected chi connectivity index (χ4v) is 4.12. The lowest BCUT2D eigenvalue weighted by molar-refractivity contribution is 0.146. The van der Waals surface area contributed by atoms with Gasteiger partial charge in [-0.2, -0.15) is 0 Å². The van der Waals surface area contributed by atoms with E-state index < -0.39 is 6.17 Å². The minimum atomic E-state index is -0.659. The molecular formula is C18H22ClFN4OS. The minimum absolute atomic E-state index is 0.287. The van der Waals surface area contributed by atoms with Crippen LogP contribution in [0, 0.1) is 0 Å². The summed E-state index contributed by atoms with van der Waals surface area (Å²) in [5, 5.41) is 1.13. The molecule has 1 fully saturated rings. The topological polar surface area (TPSA) is 68.2 Å². The molecule has 0 unspecified atom stereocenters. The molecule has 0 bridgehead atoms. The maximum Gasteiger partial charge on any atom is 0.199 e. The number of nitrogens with zero attached hydrogens (tertiary/aromatic N) is 3. The molecule has 26 heavy (non-hydrogen) atoms. The van der Waals surface area contributed by atoms with Crippen LogP contribution >= 0.6 is 22.9 Å². The van der Waals surface area contributed by atoms with Gasteiger partial charge in [0, 0.05) is 24.5 Å². The normalized spacial score (nSPS) is 15.8. The molecule has 0 radical (unpaired) electrons. The number of piperidine rings is 1. The number of anilines is 1. The lowest BCUT2D eigenvalue weighted by atomic mass is 10.1. The van der Waals surface area contributed by atoms with E-state index in [2.05, 4.69) is 14.9 Å². The largest absolute Gasteiger partial charge is 0.441 e. The second-order valence-corrected chi connectivity index (χ2v) is 7.41. The highest BCUT2D eigenvalue weighted by Gasteiger charge is 2.20. The number of rotatable bonds is 3. The fraction of sp³-hybridized carbons (Fsp3) is 0.444. The first-order chi connectivity index (χ1) is 12.6. The number of aromatic nitrogens is 2. The molecule has 0 amide bonds. The number of alkyl halides is 1. The predicted octanol–water partition coefficient (Wildman–Crippen LogP) is 5.15. The monoisotopic (exact) mass is 396 g/mol. The number of furan rings is 1. The van der Waals surface area contributed by atoms with Crippen LogP contribution < -0.4 is 5.73 Å². The average molecular weight is 397 g/mol. The van der Waals surface area contributed by atoms with Gasteiger partial charge < -0.3 is 10.2 Å². The highest BCUT2D eigenvalue weighted by molar-refractivity contribution is 7.18. The molecule has 0 saturated carbocycles. The standard InChI is InChI=1S/C16H16ClFN4OS.C2H6/c17-13-2-1-12(23-13)15-20-14(19)11-7-10(24-16(11)21-15)8-22-5-3-9(18)4-6-22;1-2/h1-2,7,9H,3-6,8H2,(H2,19,20,21);1-2H3. The van der Waals surface area contributed by atoms with E-state index in [0.29, 0.717) is 30.2 Å². The Morgan fingerprint density at radius 1 is 1.31 bits per heavy atom. The molecule has 2 N–H and O–H groups in total. The van der Waals surface area contributed by atoms with Crippen molar-refractivity contribution in [1.29, 1.82) is 0 Å². The van der Waals surface area contributed by atoms with Crippen molar-refractivity contribution in [2.75, 3.05) is 18.8 Å². The van der Waals surface area contributed by atoms with E-state index in [1.807, 2.05) is 19.9 Å². The number of nitrogen functional groups attached to an aromatic ring is 1. The van der Waals surface area contributed by atoms with Gasteiger partial charge in [0.25, 0.3) is 0 Å². The zero-order chi connectivity index (χ0) is 18.7. The summed E-state index contributed by atoms with van der Waals surface area (Å²) in [7, 11) is 0. The van der Waals surface area contributed by atoms with Gasteiger partial charge in [0.2, 0.25) is 0 Å². The molecule has 5 nitrogen and oxygen atoms in total. The zero-order valence-corrected chi connectivity index (χ0v) is 16.4. The van der Waals surface area contributed by atoms with E-state index in [4.69, 9.17) is 21.8 Å². The van der Waals surface area contributed by atoms with E-state index in [1.54, 1.807) is 23.5 Å². The third-order valence-electron chi connectivity index (χ3n) is 4.16. The van der Waals surface area contributed by atoms with Crippen molar-refractivity contribution in [1.82, 2.24) is 14.9 Å². The quantitative estimate of drug-likeness (QED) is 0.663. The Morgan fingerprint density at radius 3 is 2.69 bits per heavy atom. The molecule has 140 valence electrons. The minimum Gasteiger partial charge on any atom is -0.441 e. The van der Waals surface area contributed by atoms with Crippen molar-refractivity contribution in [3.63, 3.8) is 0 Å². The van der Waals surface area contributed by atoms with Crippen LogP contribution in [-0.4, -0.2) is 34.1 Å². The third-order valence-corrected chi connectivity index (χ3v) is 5.38. The molecule has 0 aromatic carbocycles. The van der Waals surface area contributed by atoms with Crippen molar-refractivity contribution in [2.45, 2.75) is 39.4 Å². The molecule has 0 aliphatic carbocycles. The van der Waals surface area contributed by atoms with Crippen molar-refractivity contribution < 1.29 is 8.81 Å². The van der Waals surface area contributed by atoms with Gasteiger partial charge in [-0.3, -0.25) is 4.90 Å². The Hall–Kier alpha value is -1.70. The summed E-state index contributed by atoms with van der Waals surface area (Å²) in [6.07, 6.45) is 0.555. The summed E-state index contributed by atoms with van der Waals surface area (Å²) < 4.78 is 18.6. The molecular weight excluding hydrogens is 375 g/mol. The number of nitrogens with two attached hydrogens (primary N) is 1. The highest BCUT2D eigenvalue weighted by Crippen LogP contribution is 2.32. The molecule has 1 saturated heterocycles. The Kier molecular flexibility index (Phi) is 6.11. The Balaban J connectivity index is 0.000000948. The Labute approximate surface area is 161 Å². The zero-order valence-electron chi connectivity index (χ0n) is 14.8. The average Bonchev–Trinajstić information content (AvgIpc) is 3.25. The maximum atomic E-state index is 13.2. The van der Waals surface area contributed by atoms with Crippen molar-refractivity contribution in [3.8, 4) is 11.6 Å². The number of hydrogen-bond donors (Lipinski definition) is 1. The molecule has 8 heteroatoms. The van der Waals surface area contributed by atoms with Crippen molar-refractivity contribution in [2.24, 2.45) is 0 Å². The fourth-order valence-electron chi connectivity index (χ4n) is 2.90. The van der Waals surface area contributed by atoms with E-state index in [9.17, 15) is 4.39 Å². The highest BCUT2D eigenvalue weighted by atomic mass is 35.5. The van der Waals surface area contributed by atoms with Crippen molar-refractivity contribution in [3.05, 3.63) is 28.3 Å². The van der Waals surface area contributed by atoms with E-state index in [-0.39, 0.29) is 5.22 Å². The number of fused-ring (bicyclic) bond motifs is 1. The van der Waals surface area contributed by atoms with Gasteiger partial charge in [-0.15, -0.1) is 11.3 Å². The van der Waals surface area contributed by atoms with E-state index >= 15 is 0 Å². The van der Waals surface area contributed by atoms with E-state index in [1.165, 1.54) is 0 Å². The van der Waals surface area contributed by atoms with Gasteiger partial charge in [0.15, 0.2) is 16.8 Å². The SMILES string of the molecule is CC.Nc1nc(-c2ccc(Cl)o2)nc2sc(CN3CCC(F)CC3)cc12. The molecule has 1 aliphatic rings. The summed E-state index contributed by atoms with van der Waals surface area (Å²) >= 11 is 7.39. The second kappa shape index (κ2) is 8.33. The first kappa shape index (κ1) is 19.1. The van der Waals surface area contributed by atoms with Gasteiger partial charge >= 0.3 is 0 Å². The lowest BCUT2D eigenvalue weighted by Gasteiger charge is -2.27. The van der Waals surface area contributed by atoms with E-state index in [0.717, 1.165) is 34.7 Å². The van der Waals surface area contributed by atoms with Crippen LogP contribution in [0.4, 0.5) is 10.2 Å². The van der Waals surface area contributed by atoms with Gasteiger partial charge in [0.1, 0.15) is 16.8 Å². The number of likely N-dealkylation sites (tertiary alicyclic amines) is 1. The number of thiophene rings is 1. The number of halogens is 2. The van der Waals surface area contributed by atoms with Crippen LogP contribution in [0.25, 0.3) is 21.8 Å². The second-order valence-electron chi connectivity index (χ2n) is 5.92. The molecule has 0 spiro atoms. The van der Waals surface area contributed by atoms with Crippen LogP contribution in [0.15, 0.2) is 22.6 Å². The molecule has 4 rings (SSSR count). The van der Waals surface area contributed by atoms with Crippen LogP contribution in [0.1, 0.15) is 31.6 Å². The molecule has 3 aromatic heterocycles. The van der Waals surface area contributed by atoms with Crippen molar-refractivity contribution >= 4 is 39.0 Å². The maximum absolute atomic E-state index is 13.2. The van der Waals surface area contributed by atoms with Crippen LogP contribution in [0.2, 0.25) is 5.22 Å². The molecule has 1 aliphatic heterocycles. The van der Waals surface area contributed by atoms with Crippen LogP contribution in [0.3, 0.4) is 0 Å². The van der Waals surface area contributed by atoms with Gasteiger partial charge in [-0.05, 0) is 42.6 Å². The van der Waals surface area contributed by atoms with Gasteiger partial charge in [-0.1, -0.05) is 13.8 Å².